The minimum absolute atomic E-state index is 0.0249. The standard InChI is InChI=1S/C27H32FNO2/c1-19(2)21-9-6-20(7-10-21)8-15-25(30)29-18-17-27(31)16-4-3-5-24(27)26(29)22-11-13-23(28)14-12-22/h6-15,19,24,26,31H,3-5,16-18H2,1-2H3/b15-8+/t24-,26+,27-/m1/s1. The van der Waals surface area contributed by atoms with Crippen LogP contribution in [-0.2, 0) is 4.79 Å². The van der Waals surface area contributed by atoms with Gasteiger partial charge in [0.05, 0.1) is 11.6 Å². The van der Waals surface area contributed by atoms with E-state index in [4.69, 9.17) is 0 Å². The van der Waals surface area contributed by atoms with Crippen molar-refractivity contribution in [3.8, 4) is 0 Å². The van der Waals surface area contributed by atoms with Gasteiger partial charge < -0.3 is 10.0 Å². The molecule has 1 saturated carbocycles. The molecule has 1 N–H and O–H groups in total. The summed E-state index contributed by atoms with van der Waals surface area (Å²) >= 11 is 0. The first-order valence-electron chi connectivity index (χ1n) is 11.4. The average Bonchev–Trinajstić information content (AvgIpc) is 2.77. The van der Waals surface area contributed by atoms with Gasteiger partial charge in [-0.05, 0) is 60.1 Å². The molecule has 1 amide bonds. The van der Waals surface area contributed by atoms with Crippen LogP contribution in [0, 0.1) is 11.7 Å². The number of likely N-dealkylation sites (tertiary alicyclic amines) is 1. The molecule has 2 aliphatic rings. The second-order valence-electron chi connectivity index (χ2n) is 9.39. The van der Waals surface area contributed by atoms with Crippen LogP contribution in [0.4, 0.5) is 4.39 Å². The Morgan fingerprint density at radius 2 is 1.81 bits per heavy atom. The average molecular weight is 422 g/mol. The van der Waals surface area contributed by atoms with Gasteiger partial charge >= 0.3 is 0 Å². The zero-order valence-electron chi connectivity index (χ0n) is 18.4. The van der Waals surface area contributed by atoms with Crippen LogP contribution in [0.5, 0.6) is 0 Å². The highest BCUT2D eigenvalue weighted by Crippen LogP contribution is 2.49. The van der Waals surface area contributed by atoms with Gasteiger partial charge in [0.15, 0.2) is 0 Å². The van der Waals surface area contributed by atoms with E-state index in [0.29, 0.717) is 18.9 Å². The highest BCUT2D eigenvalue weighted by atomic mass is 19.1. The van der Waals surface area contributed by atoms with E-state index in [0.717, 1.165) is 36.8 Å². The minimum Gasteiger partial charge on any atom is -0.389 e. The summed E-state index contributed by atoms with van der Waals surface area (Å²) in [6, 6.07) is 14.4. The number of aliphatic hydroxyl groups is 1. The van der Waals surface area contributed by atoms with Gasteiger partial charge in [-0.25, -0.2) is 4.39 Å². The maximum Gasteiger partial charge on any atom is 0.247 e. The number of carbonyl (C=O) groups is 1. The maximum absolute atomic E-state index is 13.6. The Balaban J connectivity index is 1.60. The molecule has 0 spiro atoms. The number of benzene rings is 2. The SMILES string of the molecule is CC(C)c1ccc(/C=C/C(=O)N2CC[C@]3(O)CCCC[C@@H]3[C@@H]2c2ccc(F)cc2)cc1. The normalized spacial score (nSPS) is 26.3. The Hall–Kier alpha value is -2.46. The molecule has 164 valence electrons. The number of piperidine rings is 1. The predicted molar refractivity (Wildman–Crippen MR) is 122 cm³/mol. The van der Waals surface area contributed by atoms with E-state index in [2.05, 4.69) is 26.0 Å². The van der Waals surface area contributed by atoms with Crippen molar-refractivity contribution in [1.82, 2.24) is 4.90 Å². The van der Waals surface area contributed by atoms with Crippen LogP contribution in [-0.4, -0.2) is 28.1 Å². The van der Waals surface area contributed by atoms with Crippen molar-refractivity contribution in [2.24, 2.45) is 5.92 Å². The molecule has 2 aromatic rings. The van der Waals surface area contributed by atoms with Crippen LogP contribution in [0.3, 0.4) is 0 Å². The highest BCUT2D eigenvalue weighted by molar-refractivity contribution is 5.92. The van der Waals surface area contributed by atoms with Gasteiger partial charge in [-0.3, -0.25) is 4.79 Å². The van der Waals surface area contributed by atoms with Gasteiger partial charge in [0.25, 0.3) is 0 Å². The molecule has 3 nitrogen and oxygen atoms in total. The van der Waals surface area contributed by atoms with E-state index in [1.165, 1.54) is 17.7 Å². The molecule has 0 bridgehead atoms. The lowest BCUT2D eigenvalue weighted by Gasteiger charge is -2.52. The van der Waals surface area contributed by atoms with Crippen molar-refractivity contribution in [1.29, 1.82) is 0 Å². The van der Waals surface area contributed by atoms with Crippen LogP contribution in [0.15, 0.2) is 54.6 Å². The summed E-state index contributed by atoms with van der Waals surface area (Å²) < 4.78 is 13.6. The number of amides is 1. The second-order valence-corrected chi connectivity index (χ2v) is 9.39. The predicted octanol–water partition coefficient (Wildman–Crippen LogP) is 5.86. The summed E-state index contributed by atoms with van der Waals surface area (Å²) in [5.41, 5.74) is 2.41. The van der Waals surface area contributed by atoms with Crippen LogP contribution < -0.4 is 0 Å². The fraction of sp³-hybridized carbons (Fsp3) is 0.444. The molecule has 0 aromatic heterocycles. The molecule has 1 aliphatic heterocycles. The summed E-state index contributed by atoms with van der Waals surface area (Å²) in [6.07, 6.45) is 7.80. The van der Waals surface area contributed by atoms with E-state index < -0.39 is 5.60 Å². The second kappa shape index (κ2) is 8.96. The molecule has 4 heteroatoms. The van der Waals surface area contributed by atoms with Crippen molar-refractivity contribution in [2.75, 3.05) is 6.54 Å². The summed E-state index contributed by atoms with van der Waals surface area (Å²) in [7, 11) is 0. The summed E-state index contributed by atoms with van der Waals surface area (Å²) in [6.45, 7) is 4.82. The molecule has 2 fully saturated rings. The molecule has 2 aromatic carbocycles. The number of carbonyl (C=O) groups excluding carboxylic acids is 1. The molecule has 4 rings (SSSR count). The Morgan fingerprint density at radius 1 is 1.10 bits per heavy atom. The summed E-state index contributed by atoms with van der Waals surface area (Å²) in [4.78, 5) is 15.1. The van der Waals surface area contributed by atoms with Gasteiger partial charge in [0.2, 0.25) is 5.91 Å². The monoisotopic (exact) mass is 421 g/mol. The third-order valence-corrected chi connectivity index (χ3v) is 7.08. The Labute approximate surface area is 184 Å². The number of fused-ring (bicyclic) bond motifs is 1. The van der Waals surface area contributed by atoms with Crippen LogP contribution >= 0.6 is 0 Å². The zero-order valence-corrected chi connectivity index (χ0v) is 18.4. The largest absolute Gasteiger partial charge is 0.389 e. The van der Waals surface area contributed by atoms with Crippen molar-refractivity contribution < 1.29 is 14.3 Å². The van der Waals surface area contributed by atoms with E-state index >= 15 is 0 Å². The van der Waals surface area contributed by atoms with Gasteiger partial charge in [-0.1, -0.05) is 63.1 Å². The summed E-state index contributed by atoms with van der Waals surface area (Å²) in [5, 5.41) is 11.3. The Morgan fingerprint density at radius 3 is 2.48 bits per heavy atom. The first kappa shape index (κ1) is 21.8. The van der Waals surface area contributed by atoms with E-state index in [1.54, 1.807) is 18.2 Å². The lowest BCUT2D eigenvalue weighted by atomic mass is 9.66. The maximum atomic E-state index is 13.6. The van der Waals surface area contributed by atoms with Crippen LogP contribution in [0.2, 0.25) is 0 Å². The van der Waals surface area contributed by atoms with E-state index in [1.807, 2.05) is 23.1 Å². The molecule has 1 heterocycles. The first-order chi connectivity index (χ1) is 14.9. The zero-order chi connectivity index (χ0) is 22.0. The quantitative estimate of drug-likeness (QED) is 0.629. The Bertz CT molecular complexity index is 935. The Kier molecular flexibility index (Phi) is 6.29. The van der Waals surface area contributed by atoms with Gasteiger partial charge in [-0.2, -0.15) is 0 Å². The molecule has 0 unspecified atom stereocenters. The van der Waals surface area contributed by atoms with Crippen molar-refractivity contribution >= 4 is 12.0 Å². The fourth-order valence-corrected chi connectivity index (χ4v) is 5.26. The lowest BCUT2D eigenvalue weighted by Crippen LogP contribution is -2.56. The topological polar surface area (TPSA) is 40.5 Å². The number of nitrogens with zero attached hydrogens (tertiary/aromatic N) is 1. The van der Waals surface area contributed by atoms with E-state index in [-0.39, 0.29) is 23.7 Å². The number of rotatable bonds is 4. The number of halogens is 1. The smallest absolute Gasteiger partial charge is 0.247 e. The third-order valence-electron chi connectivity index (χ3n) is 7.08. The third kappa shape index (κ3) is 4.59. The van der Waals surface area contributed by atoms with Gasteiger partial charge in [-0.15, -0.1) is 0 Å². The molecular weight excluding hydrogens is 389 g/mol. The minimum atomic E-state index is -0.746. The van der Waals surface area contributed by atoms with Gasteiger partial charge in [0.1, 0.15) is 5.82 Å². The highest BCUT2D eigenvalue weighted by Gasteiger charge is 2.49. The molecule has 0 radical (unpaired) electrons. The van der Waals surface area contributed by atoms with Crippen LogP contribution in [0.25, 0.3) is 6.08 Å². The molecular formula is C27H32FNO2. The molecule has 31 heavy (non-hydrogen) atoms. The fourth-order valence-electron chi connectivity index (χ4n) is 5.26. The molecule has 1 aliphatic carbocycles. The molecule has 3 atom stereocenters. The van der Waals surface area contributed by atoms with Gasteiger partial charge in [0, 0.05) is 18.5 Å². The summed E-state index contributed by atoms with van der Waals surface area (Å²) in [5.74, 6) is 0.0952. The molecule has 1 saturated heterocycles. The lowest BCUT2D eigenvalue weighted by molar-refractivity contribution is -0.150. The first-order valence-corrected chi connectivity index (χ1v) is 11.4. The van der Waals surface area contributed by atoms with Crippen molar-refractivity contribution in [2.45, 2.75) is 63.5 Å². The van der Waals surface area contributed by atoms with Crippen molar-refractivity contribution in [3.63, 3.8) is 0 Å². The number of hydrogen-bond donors (Lipinski definition) is 1. The number of hydrogen-bond acceptors (Lipinski definition) is 2. The van der Waals surface area contributed by atoms with Crippen LogP contribution in [0.1, 0.15) is 74.6 Å². The van der Waals surface area contributed by atoms with E-state index in [9.17, 15) is 14.3 Å². The van der Waals surface area contributed by atoms with Crippen molar-refractivity contribution in [3.05, 3.63) is 77.1 Å².